The number of aryl methyl sites for hydroxylation is 1. The molecule has 1 saturated carbocycles. The first kappa shape index (κ1) is 30.8. The number of likely N-dealkylation sites (tertiary alicyclic amines) is 1. The first-order valence-electron chi connectivity index (χ1n) is 14.6. The fourth-order valence-corrected chi connectivity index (χ4v) is 6.50. The Morgan fingerprint density at radius 2 is 1.88 bits per heavy atom. The maximum Gasteiger partial charge on any atom is 0.309 e. The Balaban J connectivity index is 1.41. The summed E-state index contributed by atoms with van der Waals surface area (Å²) in [7, 11) is 1.56. The number of carbonyl (C=O) groups excluding carboxylic acids is 2. The topological polar surface area (TPSA) is 156 Å². The van der Waals surface area contributed by atoms with Gasteiger partial charge in [-0.1, -0.05) is 29.8 Å². The lowest BCUT2D eigenvalue weighted by atomic mass is 9.75. The number of amides is 2. The molecule has 1 atom stereocenters. The van der Waals surface area contributed by atoms with Gasteiger partial charge in [0.15, 0.2) is 0 Å². The third-order valence-corrected chi connectivity index (χ3v) is 9.53. The summed E-state index contributed by atoms with van der Waals surface area (Å²) in [6.45, 7) is 4.33. The lowest BCUT2D eigenvalue weighted by Crippen LogP contribution is -2.46. The van der Waals surface area contributed by atoms with Gasteiger partial charge in [-0.2, -0.15) is 0 Å². The smallest absolute Gasteiger partial charge is 0.309 e. The second-order valence-corrected chi connectivity index (χ2v) is 12.6. The van der Waals surface area contributed by atoms with Gasteiger partial charge in [0.2, 0.25) is 11.6 Å². The van der Waals surface area contributed by atoms with Crippen molar-refractivity contribution in [3.63, 3.8) is 0 Å². The summed E-state index contributed by atoms with van der Waals surface area (Å²) in [5.41, 5.74) is 2.92. The minimum absolute atomic E-state index is 0.00590. The number of piperidine rings is 1. The third-order valence-electron chi connectivity index (χ3n) is 8.80. The zero-order chi connectivity index (χ0) is 30.9. The summed E-state index contributed by atoms with van der Waals surface area (Å²) < 4.78 is 32.1. The molecular weight excluding hydrogens is 572 g/mol. The van der Waals surface area contributed by atoms with Crippen LogP contribution in [-0.2, 0) is 27.4 Å². The Morgan fingerprint density at radius 1 is 1.21 bits per heavy atom. The van der Waals surface area contributed by atoms with Gasteiger partial charge in [-0.25, -0.2) is 9.29 Å². The van der Waals surface area contributed by atoms with E-state index in [9.17, 15) is 28.3 Å². The summed E-state index contributed by atoms with van der Waals surface area (Å²) in [6, 6.07) is 9.56. The number of aliphatic carboxylic acids is 1. The summed E-state index contributed by atoms with van der Waals surface area (Å²) in [5.74, 6) is -0.671. The number of carboxylic acid groups (broad SMARTS) is 1. The molecule has 3 aromatic rings. The van der Waals surface area contributed by atoms with E-state index in [0.717, 1.165) is 29.5 Å². The molecule has 11 nitrogen and oxygen atoms in total. The van der Waals surface area contributed by atoms with Crippen molar-refractivity contribution in [1.29, 1.82) is 0 Å². The summed E-state index contributed by atoms with van der Waals surface area (Å²) >= 11 is -2.57. The van der Waals surface area contributed by atoms with Crippen molar-refractivity contribution < 1.29 is 32.7 Å². The third kappa shape index (κ3) is 6.51. The molecule has 1 aromatic carbocycles. The molecule has 230 valence electrons. The zero-order valence-corrected chi connectivity index (χ0v) is 25.5. The van der Waals surface area contributed by atoms with Crippen molar-refractivity contribution in [1.82, 2.24) is 19.5 Å². The highest BCUT2D eigenvalue weighted by atomic mass is 32.2. The van der Waals surface area contributed by atoms with Gasteiger partial charge in [0.1, 0.15) is 5.76 Å². The van der Waals surface area contributed by atoms with Gasteiger partial charge >= 0.3 is 5.97 Å². The van der Waals surface area contributed by atoms with E-state index in [-0.39, 0.29) is 36.5 Å². The molecule has 1 unspecified atom stereocenters. The quantitative estimate of drug-likeness (QED) is 0.308. The second kappa shape index (κ2) is 12.6. The Bertz CT molecular complexity index is 1560. The number of carbonyl (C=O) groups is 3. The molecule has 0 bridgehead atoms. The van der Waals surface area contributed by atoms with E-state index in [4.69, 9.17) is 9.40 Å². The number of nitrogens with one attached hydrogen (secondary N) is 1. The Hall–Kier alpha value is -3.61. The maximum absolute atomic E-state index is 13.0. The monoisotopic (exact) mass is 609 g/mol. The summed E-state index contributed by atoms with van der Waals surface area (Å²) in [5, 5.41) is 13.3. The van der Waals surface area contributed by atoms with Crippen LogP contribution in [0.25, 0.3) is 22.4 Å². The van der Waals surface area contributed by atoms with Gasteiger partial charge in [-0.3, -0.25) is 18.6 Å². The van der Waals surface area contributed by atoms with Gasteiger partial charge in [0.05, 0.1) is 28.6 Å². The predicted octanol–water partition coefficient (Wildman–Crippen LogP) is 4.13. The molecule has 0 radical (unpaired) electrons. The van der Waals surface area contributed by atoms with E-state index in [1.54, 1.807) is 11.9 Å². The molecule has 1 aliphatic heterocycles. The summed E-state index contributed by atoms with van der Waals surface area (Å²) in [6.07, 6.45) is 3.20. The van der Waals surface area contributed by atoms with E-state index in [1.165, 1.54) is 11.2 Å². The van der Waals surface area contributed by atoms with E-state index >= 15 is 0 Å². The van der Waals surface area contributed by atoms with Gasteiger partial charge in [-0.05, 0) is 63.0 Å². The SMILES string of the molecule is CNC(=O)c1c(-c2ccc(C)cc2)oc2nc(CN(CCCC3(C(=O)O)CCN(C(C)=O)CC3)S(=O)[O-])c(C3CC3)cc12. The van der Waals surface area contributed by atoms with Gasteiger partial charge in [-0.15, -0.1) is 0 Å². The fourth-order valence-electron chi connectivity index (χ4n) is 6.00. The van der Waals surface area contributed by atoms with Crippen molar-refractivity contribution in [3.8, 4) is 11.3 Å². The van der Waals surface area contributed by atoms with Crippen LogP contribution in [0, 0.1) is 12.3 Å². The minimum Gasteiger partial charge on any atom is -0.760 e. The number of benzene rings is 1. The van der Waals surface area contributed by atoms with Crippen molar-refractivity contribution in [2.45, 2.75) is 64.8 Å². The van der Waals surface area contributed by atoms with E-state index in [1.807, 2.05) is 37.3 Å². The standard InChI is InChI=1S/C31H38N4O7S/c1-19-5-7-22(8-6-19)27-26(28(37)32-3)24-17-23(21-9-10-21)25(33-29(24)42-27)18-35(43(40)41)14-4-11-31(30(38)39)12-15-34(16-13-31)20(2)36/h5-8,17,21H,4,9-16,18H2,1-3H3,(H,32,37)(H,38,39)(H,40,41)/p-1. The fraction of sp³-hybridized carbons (Fsp3) is 0.484. The van der Waals surface area contributed by atoms with Gasteiger partial charge < -0.3 is 24.3 Å². The number of aromatic nitrogens is 1. The number of carboxylic acids is 1. The van der Waals surface area contributed by atoms with Crippen LogP contribution in [-0.4, -0.2) is 72.5 Å². The number of furan rings is 1. The van der Waals surface area contributed by atoms with Crippen molar-refractivity contribution in [2.75, 3.05) is 26.7 Å². The average Bonchev–Trinajstić information content (AvgIpc) is 3.76. The predicted molar refractivity (Wildman–Crippen MR) is 160 cm³/mol. The van der Waals surface area contributed by atoms with Gasteiger partial charge in [0.25, 0.3) is 5.91 Å². The van der Waals surface area contributed by atoms with Crippen LogP contribution in [0.15, 0.2) is 34.7 Å². The second-order valence-electron chi connectivity index (χ2n) is 11.7. The van der Waals surface area contributed by atoms with Crippen molar-refractivity contribution in [2.24, 2.45) is 5.41 Å². The molecule has 2 N–H and O–H groups in total. The van der Waals surface area contributed by atoms with Crippen LogP contribution in [0.4, 0.5) is 0 Å². The van der Waals surface area contributed by atoms with Crippen LogP contribution < -0.4 is 5.32 Å². The van der Waals surface area contributed by atoms with Crippen molar-refractivity contribution in [3.05, 3.63) is 52.7 Å². The first-order valence-corrected chi connectivity index (χ1v) is 15.6. The molecule has 2 aromatic heterocycles. The molecule has 43 heavy (non-hydrogen) atoms. The summed E-state index contributed by atoms with van der Waals surface area (Å²) in [4.78, 5) is 43.4. The van der Waals surface area contributed by atoms with E-state index < -0.39 is 22.7 Å². The molecule has 3 heterocycles. The lowest BCUT2D eigenvalue weighted by molar-refractivity contribution is -0.154. The minimum atomic E-state index is -2.57. The van der Waals surface area contributed by atoms with Gasteiger partial charge in [0, 0.05) is 50.4 Å². The van der Waals surface area contributed by atoms with Crippen LogP contribution in [0.3, 0.4) is 0 Å². The largest absolute Gasteiger partial charge is 0.760 e. The highest BCUT2D eigenvalue weighted by molar-refractivity contribution is 7.76. The number of hydrogen-bond acceptors (Lipinski definition) is 7. The average molecular weight is 610 g/mol. The molecule has 1 aliphatic carbocycles. The van der Waals surface area contributed by atoms with E-state index in [2.05, 4.69) is 5.32 Å². The first-order chi connectivity index (χ1) is 20.5. The number of rotatable bonds is 11. The molecule has 2 aliphatic rings. The normalized spacial score (nSPS) is 17.3. The Morgan fingerprint density at radius 3 is 2.44 bits per heavy atom. The molecule has 5 rings (SSSR count). The molecule has 12 heteroatoms. The van der Waals surface area contributed by atoms with Crippen LogP contribution >= 0.6 is 0 Å². The van der Waals surface area contributed by atoms with Crippen LogP contribution in [0.5, 0.6) is 0 Å². The van der Waals surface area contributed by atoms with Crippen molar-refractivity contribution >= 4 is 40.1 Å². The van der Waals surface area contributed by atoms with Crippen LogP contribution in [0.1, 0.15) is 78.5 Å². The molecule has 1 saturated heterocycles. The molecular formula is C31H37N4O7S-. The lowest BCUT2D eigenvalue weighted by Gasteiger charge is -2.39. The molecule has 2 fully saturated rings. The molecule has 2 amide bonds. The number of fused-ring (bicyclic) bond motifs is 1. The van der Waals surface area contributed by atoms with E-state index in [0.29, 0.717) is 61.2 Å². The Kier molecular flexibility index (Phi) is 9.00. The zero-order valence-electron chi connectivity index (χ0n) is 24.7. The van der Waals surface area contributed by atoms with Crippen LogP contribution in [0.2, 0.25) is 0 Å². The highest BCUT2D eigenvalue weighted by Gasteiger charge is 2.41. The molecule has 0 spiro atoms. The maximum atomic E-state index is 13.0. The number of pyridine rings is 1. The highest BCUT2D eigenvalue weighted by Crippen LogP contribution is 2.44. The Labute approximate surface area is 253 Å². The number of nitrogens with zero attached hydrogens (tertiary/aromatic N) is 3. The number of hydrogen-bond donors (Lipinski definition) is 2.